The predicted molar refractivity (Wildman–Crippen MR) is 106 cm³/mol. The first-order valence-electron chi connectivity index (χ1n) is 9.18. The second-order valence-corrected chi connectivity index (χ2v) is 6.47. The van der Waals surface area contributed by atoms with Crippen LogP contribution in [0, 0.1) is 0 Å². The second kappa shape index (κ2) is 10.6. The molecule has 0 heterocycles. The van der Waals surface area contributed by atoms with Crippen molar-refractivity contribution in [3.8, 4) is 0 Å². The molecule has 0 fully saturated rings. The molecule has 0 aliphatic rings. The normalized spacial score (nSPS) is 13.2. The van der Waals surface area contributed by atoms with E-state index in [0.717, 1.165) is 12.8 Å². The molecule has 0 heteroatoms. The van der Waals surface area contributed by atoms with Crippen LogP contribution in [-0.4, -0.2) is 0 Å². The molecule has 0 aliphatic carbocycles. The van der Waals surface area contributed by atoms with Crippen LogP contribution in [-0.2, 0) is 0 Å². The van der Waals surface area contributed by atoms with Gasteiger partial charge >= 0.3 is 0 Å². The van der Waals surface area contributed by atoms with Crippen molar-refractivity contribution in [1.82, 2.24) is 0 Å². The van der Waals surface area contributed by atoms with Crippen LogP contribution in [0.2, 0.25) is 0 Å². The Morgan fingerprint density at radius 2 is 1.00 bits per heavy atom. The summed E-state index contributed by atoms with van der Waals surface area (Å²) in [4.78, 5) is 0. The highest BCUT2D eigenvalue weighted by Crippen LogP contribution is 2.40. The molecule has 0 aliphatic heterocycles. The van der Waals surface area contributed by atoms with Crippen molar-refractivity contribution in [3.63, 3.8) is 0 Å². The molecule has 0 nitrogen and oxygen atoms in total. The minimum atomic E-state index is 0.568. The summed E-state index contributed by atoms with van der Waals surface area (Å²) in [6.45, 7) is 7.77. The molecule has 0 saturated carbocycles. The number of benzene rings is 2. The molecule has 0 aromatic heterocycles. The summed E-state index contributed by atoms with van der Waals surface area (Å²) < 4.78 is 0. The van der Waals surface area contributed by atoms with Gasteiger partial charge in [0.25, 0.3) is 0 Å². The van der Waals surface area contributed by atoms with Gasteiger partial charge in [0.2, 0.25) is 0 Å². The van der Waals surface area contributed by atoms with Crippen molar-refractivity contribution in [1.29, 1.82) is 0 Å². The quantitative estimate of drug-likeness (QED) is 0.302. The highest BCUT2D eigenvalue weighted by atomic mass is 14.3. The van der Waals surface area contributed by atoms with Crippen molar-refractivity contribution in [3.05, 3.63) is 97.1 Å². The minimum Gasteiger partial charge on any atom is -0.103 e. The summed E-state index contributed by atoms with van der Waals surface area (Å²) in [6.07, 6.45) is 11.1. The van der Waals surface area contributed by atoms with E-state index in [-0.39, 0.29) is 0 Å². The third-order valence-electron chi connectivity index (χ3n) is 4.79. The molecule has 0 saturated heterocycles. The van der Waals surface area contributed by atoms with Crippen molar-refractivity contribution < 1.29 is 0 Å². The lowest BCUT2D eigenvalue weighted by molar-refractivity contribution is 0.457. The van der Waals surface area contributed by atoms with Crippen LogP contribution < -0.4 is 0 Å². The van der Waals surface area contributed by atoms with E-state index in [1.807, 2.05) is 12.2 Å². The Morgan fingerprint density at radius 3 is 1.33 bits per heavy atom. The highest BCUT2D eigenvalue weighted by Gasteiger charge is 2.23. The Hall–Kier alpha value is -2.08. The average molecular weight is 319 g/mol. The largest absolute Gasteiger partial charge is 0.103 e. The summed E-state index contributed by atoms with van der Waals surface area (Å²) in [5, 5.41) is 0. The Balaban J connectivity index is 2.27. The first kappa shape index (κ1) is 18.3. The molecule has 0 radical (unpaired) electrons. The fraction of sp³-hybridized carbons (Fsp3) is 0.333. The molecule has 2 aromatic rings. The molecule has 2 unspecified atom stereocenters. The fourth-order valence-electron chi connectivity index (χ4n) is 3.56. The van der Waals surface area contributed by atoms with Gasteiger partial charge in [0, 0.05) is 0 Å². The zero-order chi connectivity index (χ0) is 17.0. The second-order valence-electron chi connectivity index (χ2n) is 6.47. The van der Waals surface area contributed by atoms with Crippen molar-refractivity contribution >= 4 is 0 Å². The van der Waals surface area contributed by atoms with E-state index in [1.54, 1.807) is 0 Å². The zero-order valence-electron chi connectivity index (χ0n) is 14.7. The molecule has 126 valence electrons. The van der Waals surface area contributed by atoms with Gasteiger partial charge in [-0.2, -0.15) is 0 Å². The van der Waals surface area contributed by atoms with Gasteiger partial charge in [-0.05, 0) is 61.5 Å². The Kier molecular flexibility index (Phi) is 8.10. The molecule has 0 bridgehead atoms. The van der Waals surface area contributed by atoms with Crippen LogP contribution in [0.1, 0.15) is 61.5 Å². The average Bonchev–Trinajstić information content (AvgIpc) is 2.65. The SMILES string of the molecule is C=CCCCC(c1ccccc1)C(CCCC=C)c1ccccc1. The molecule has 2 rings (SSSR count). The molecule has 2 aromatic carbocycles. The molecular weight excluding hydrogens is 288 g/mol. The number of hydrogen-bond donors (Lipinski definition) is 0. The first-order chi connectivity index (χ1) is 11.9. The number of unbranched alkanes of at least 4 members (excludes halogenated alkanes) is 2. The fourth-order valence-corrected chi connectivity index (χ4v) is 3.56. The lowest BCUT2D eigenvalue weighted by atomic mass is 9.76. The topological polar surface area (TPSA) is 0 Å². The smallest absolute Gasteiger partial charge is 0.00930 e. The maximum atomic E-state index is 3.88. The standard InChI is InChI=1S/C24H30/c1-3-5-9-19-23(21-15-11-7-12-16-21)24(20-10-6-4-2)22-17-13-8-14-18-22/h3-4,7-8,11-18,23-24H,1-2,5-6,9-10,19-20H2. The number of allylic oxidation sites excluding steroid dienone is 2. The summed E-state index contributed by atoms with van der Waals surface area (Å²) in [7, 11) is 0. The lowest BCUT2D eigenvalue weighted by Gasteiger charge is -2.28. The molecule has 2 atom stereocenters. The third kappa shape index (κ3) is 5.53. The van der Waals surface area contributed by atoms with Gasteiger partial charge in [0.05, 0.1) is 0 Å². The van der Waals surface area contributed by atoms with Crippen LogP contribution in [0.15, 0.2) is 86.0 Å². The monoisotopic (exact) mass is 318 g/mol. The zero-order valence-corrected chi connectivity index (χ0v) is 14.7. The Morgan fingerprint density at radius 1 is 0.625 bits per heavy atom. The van der Waals surface area contributed by atoms with E-state index in [0.29, 0.717) is 11.8 Å². The Bertz CT molecular complexity index is 526. The van der Waals surface area contributed by atoms with Crippen LogP contribution in [0.4, 0.5) is 0 Å². The predicted octanol–water partition coefficient (Wildman–Crippen LogP) is 7.27. The van der Waals surface area contributed by atoms with E-state index in [2.05, 4.69) is 73.8 Å². The van der Waals surface area contributed by atoms with E-state index >= 15 is 0 Å². The highest BCUT2D eigenvalue weighted by molar-refractivity contribution is 5.28. The maximum absolute atomic E-state index is 3.88. The molecule has 0 N–H and O–H groups in total. The molecular formula is C24H30. The minimum absolute atomic E-state index is 0.568. The van der Waals surface area contributed by atoms with E-state index in [4.69, 9.17) is 0 Å². The van der Waals surface area contributed by atoms with Gasteiger partial charge in [-0.15, -0.1) is 13.2 Å². The summed E-state index contributed by atoms with van der Waals surface area (Å²) >= 11 is 0. The molecule has 0 amide bonds. The summed E-state index contributed by atoms with van der Waals surface area (Å²) in [6, 6.07) is 22.1. The maximum Gasteiger partial charge on any atom is -0.00930 e. The Labute approximate surface area is 147 Å². The van der Waals surface area contributed by atoms with Gasteiger partial charge in [-0.25, -0.2) is 0 Å². The number of rotatable bonds is 11. The van der Waals surface area contributed by atoms with E-state index in [1.165, 1.54) is 36.8 Å². The van der Waals surface area contributed by atoms with Crippen LogP contribution in [0.5, 0.6) is 0 Å². The molecule has 24 heavy (non-hydrogen) atoms. The third-order valence-corrected chi connectivity index (χ3v) is 4.79. The van der Waals surface area contributed by atoms with Gasteiger partial charge in [0.1, 0.15) is 0 Å². The molecule has 0 spiro atoms. The van der Waals surface area contributed by atoms with E-state index < -0.39 is 0 Å². The van der Waals surface area contributed by atoms with Gasteiger partial charge in [-0.3, -0.25) is 0 Å². The van der Waals surface area contributed by atoms with Crippen LogP contribution in [0.3, 0.4) is 0 Å². The van der Waals surface area contributed by atoms with Crippen molar-refractivity contribution in [2.45, 2.75) is 50.4 Å². The van der Waals surface area contributed by atoms with E-state index in [9.17, 15) is 0 Å². The number of hydrogen-bond acceptors (Lipinski definition) is 0. The summed E-state index contributed by atoms with van der Waals surface area (Å²) in [5.41, 5.74) is 2.93. The van der Waals surface area contributed by atoms with Crippen molar-refractivity contribution in [2.75, 3.05) is 0 Å². The van der Waals surface area contributed by atoms with Crippen molar-refractivity contribution in [2.24, 2.45) is 0 Å². The summed E-state index contributed by atoms with van der Waals surface area (Å²) in [5.74, 6) is 1.14. The first-order valence-corrected chi connectivity index (χ1v) is 9.18. The van der Waals surface area contributed by atoms with Gasteiger partial charge in [-0.1, -0.05) is 72.8 Å². The van der Waals surface area contributed by atoms with Crippen LogP contribution >= 0.6 is 0 Å². The van der Waals surface area contributed by atoms with Gasteiger partial charge in [0.15, 0.2) is 0 Å². The van der Waals surface area contributed by atoms with Gasteiger partial charge < -0.3 is 0 Å². The lowest BCUT2D eigenvalue weighted by Crippen LogP contribution is -2.12. The van der Waals surface area contributed by atoms with Crippen LogP contribution in [0.25, 0.3) is 0 Å².